The first-order chi connectivity index (χ1) is 20.4. The van der Waals surface area contributed by atoms with Crippen molar-refractivity contribution in [1.29, 1.82) is 0 Å². The van der Waals surface area contributed by atoms with Crippen LogP contribution in [0.25, 0.3) is 5.69 Å². The quantitative estimate of drug-likeness (QED) is 0.108. The minimum Gasteiger partial charge on any atom is -0.486 e. The van der Waals surface area contributed by atoms with Gasteiger partial charge in [-0.05, 0) is 68.0 Å². The number of allylic oxidation sites excluding steroid dienone is 3. The minimum absolute atomic E-state index is 0.0531. The number of aromatic nitrogens is 3. The number of aliphatic hydroxyl groups excluding tert-OH is 1. The number of halogens is 6. The molecule has 0 saturated carbocycles. The maximum absolute atomic E-state index is 13.3. The summed E-state index contributed by atoms with van der Waals surface area (Å²) >= 11 is 0. The third kappa shape index (κ3) is 12.2. The molecule has 3 aromatic rings. The fraction of sp³-hybridized carbons (Fsp3) is 0.345. The summed E-state index contributed by atoms with van der Waals surface area (Å²) in [6.45, 7) is 6.84. The van der Waals surface area contributed by atoms with Gasteiger partial charge in [0.15, 0.2) is 12.1 Å². The summed E-state index contributed by atoms with van der Waals surface area (Å²) in [4.78, 5) is 14.8. The summed E-state index contributed by atoms with van der Waals surface area (Å²) in [7, 11) is 1.00. The van der Waals surface area contributed by atoms with E-state index in [1.54, 1.807) is 25.1 Å². The molecule has 43 heavy (non-hydrogen) atoms. The number of carbonyl (C=O) groups is 1. The van der Waals surface area contributed by atoms with E-state index in [9.17, 15) is 31.1 Å². The number of benzene rings is 2. The second kappa shape index (κ2) is 17.6. The van der Waals surface area contributed by atoms with Gasteiger partial charge in [0.25, 0.3) is 0 Å². The highest BCUT2D eigenvalue weighted by molar-refractivity contribution is 5.52. The van der Waals surface area contributed by atoms with Crippen LogP contribution in [0.1, 0.15) is 43.5 Å². The molecular formula is C29H33F6N3O5. The summed E-state index contributed by atoms with van der Waals surface area (Å²) in [6.07, 6.45) is -5.44. The van der Waals surface area contributed by atoms with E-state index in [-0.39, 0.29) is 37.0 Å². The standard InChI is InChI=1S/C26H23F6N3O4.C2H6.CH4O/c1-3-20(39-26(30,31)32)8-5-9-24-33-23(16-38-21-10-11-22(17(2)14-21)37-13-12-36)34-35(24)19-7-4-6-18(15-19)25(27,28)29;2*1-2/h3-8,10-12,14-15H,9,13,16H2,1-2H3;1-2H3;2H,1H3/b8-5-,20-3+;;. The van der Waals surface area contributed by atoms with Gasteiger partial charge in [-0.1, -0.05) is 26.0 Å². The molecule has 0 saturated heterocycles. The van der Waals surface area contributed by atoms with Crippen LogP contribution in [0, 0.1) is 6.92 Å². The first kappa shape index (κ1) is 36.7. The SMILES string of the molecule is C/C=C(\C=C/Cc1nc(COc2ccc(OCC=O)c(C)c2)nn1-c1cccc(C(F)(F)F)c1)OC(F)(F)F.CC.CO. The summed E-state index contributed by atoms with van der Waals surface area (Å²) in [6, 6.07) is 9.27. The second-order valence-electron chi connectivity index (χ2n) is 7.94. The molecule has 2 aromatic carbocycles. The van der Waals surface area contributed by atoms with E-state index in [0.29, 0.717) is 23.3 Å². The van der Waals surface area contributed by atoms with Crippen LogP contribution in [0.3, 0.4) is 0 Å². The number of hydrogen-bond donors (Lipinski definition) is 1. The van der Waals surface area contributed by atoms with Crippen LogP contribution in [0.4, 0.5) is 26.3 Å². The first-order valence-corrected chi connectivity index (χ1v) is 12.8. The fourth-order valence-electron chi connectivity index (χ4n) is 3.35. The molecule has 236 valence electrons. The second-order valence-corrected chi connectivity index (χ2v) is 7.94. The maximum Gasteiger partial charge on any atom is 0.573 e. The van der Waals surface area contributed by atoms with E-state index in [1.807, 2.05) is 13.8 Å². The molecule has 0 atom stereocenters. The predicted molar refractivity (Wildman–Crippen MR) is 147 cm³/mol. The highest BCUT2D eigenvalue weighted by atomic mass is 19.4. The van der Waals surface area contributed by atoms with Crippen molar-refractivity contribution in [3.8, 4) is 17.2 Å². The van der Waals surface area contributed by atoms with Crippen LogP contribution < -0.4 is 9.47 Å². The average Bonchev–Trinajstić information content (AvgIpc) is 3.39. The molecule has 0 amide bonds. The number of aliphatic hydroxyl groups is 1. The number of alkyl halides is 6. The lowest BCUT2D eigenvalue weighted by molar-refractivity contribution is -0.303. The van der Waals surface area contributed by atoms with Crippen molar-refractivity contribution >= 4 is 6.29 Å². The normalized spacial score (nSPS) is 11.7. The zero-order valence-electron chi connectivity index (χ0n) is 24.2. The zero-order valence-corrected chi connectivity index (χ0v) is 24.2. The molecule has 0 spiro atoms. The van der Waals surface area contributed by atoms with Crippen molar-refractivity contribution in [2.75, 3.05) is 13.7 Å². The van der Waals surface area contributed by atoms with Gasteiger partial charge in [0.2, 0.25) is 0 Å². The van der Waals surface area contributed by atoms with Crippen LogP contribution >= 0.6 is 0 Å². The molecule has 0 bridgehead atoms. The van der Waals surface area contributed by atoms with Gasteiger partial charge in [0.05, 0.1) is 11.3 Å². The van der Waals surface area contributed by atoms with Crippen LogP contribution in [-0.4, -0.2) is 46.2 Å². The van der Waals surface area contributed by atoms with Gasteiger partial charge < -0.3 is 19.3 Å². The molecule has 3 rings (SSSR count). The first-order valence-electron chi connectivity index (χ1n) is 12.8. The molecule has 8 nitrogen and oxygen atoms in total. The Balaban J connectivity index is 0.00000221. The lowest BCUT2D eigenvalue weighted by Crippen LogP contribution is -2.12. The molecule has 1 heterocycles. The molecule has 0 aliphatic heterocycles. The lowest BCUT2D eigenvalue weighted by atomic mass is 10.2. The Morgan fingerprint density at radius 3 is 2.30 bits per heavy atom. The number of ether oxygens (including phenoxy) is 3. The fourth-order valence-corrected chi connectivity index (χ4v) is 3.35. The number of aldehydes is 1. The van der Waals surface area contributed by atoms with Crippen molar-refractivity contribution in [2.24, 2.45) is 0 Å². The molecule has 0 unspecified atom stereocenters. The molecule has 0 aliphatic rings. The Hall–Kier alpha value is -4.33. The number of carbonyl (C=O) groups excluding carboxylic acids is 1. The predicted octanol–water partition coefficient (Wildman–Crippen LogP) is 6.92. The third-order valence-electron chi connectivity index (χ3n) is 5.06. The van der Waals surface area contributed by atoms with Gasteiger partial charge in [-0.25, -0.2) is 9.67 Å². The molecule has 0 radical (unpaired) electrons. The van der Waals surface area contributed by atoms with Gasteiger partial charge in [-0.3, -0.25) is 4.79 Å². The average molecular weight is 618 g/mol. The largest absolute Gasteiger partial charge is 0.573 e. The topological polar surface area (TPSA) is 95.7 Å². The Morgan fingerprint density at radius 1 is 1.02 bits per heavy atom. The van der Waals surface area contributed by atoms with Crippen molar-refractivity contribution in [1.82, 2.24) is 14.8 Å². The molecule has 1 aromatic heterocycles. The molecule has 14 heteroatoms. The Labute approximate surface area is 245 Å². The van der Waals surface area contributed by atoms with Crippen molar-refractivity contribution in [3.05, 3.63) is 89.2 Å². The van der Waals surface area contributed by atoms with E-state index in [0.717, 1.165) is 31.4 Å². The summed E-state index contributed by atoms with van der Waals surface area (Å²) in [5.74, 6) is 0.718. The Kier molecular flexibility index (Phi) is 15.0. The minimum atomic E-state index is -4.88. The van der Waals surface area contributed by atoms with E-state index < -0.39 is 23.9 Å². The molecule has 1 N–H and O–H groups in total. The van der Waals surface area contributed by atoms with E-state index >= 15 is 0 Å². The van der Waals surface area contributed by atoms with Crippen molar-refractivity contribution in [3.63, 3.8) is 0 Å². The number of aryl methyl sites for hydroxylation is 1. The van der Waals surface area contributed by atoms with Gasteiger partial charge in [-0.2, -0.15) is 13.2 Å². The highest BCUT2D eigenvalue weighted by Crippen LogP contribution is 2.31. The molecular weight excluding hydrogens is 584 g/mol. The van der Waals surface area contributed by atoms with Crippen LogP contribution in [-0.2, 0) is 28.7 Å². The third-order valence-corrected chi connectivity index (χ3v) is 5.06. The van der Waals surface area contributed by atoms with Crippen molar-refractivity contribution < 1.29 is 50.5 Å². The van der Waals surface area contributed by atoms with Gasteiger partial charge in [0, 0.05) is 13.5 Å². The van der Waals surface area contributed by atoms with Crippen LogP contribution in [0.5, 0.6) is 11.5 Å². The molecule has 0 aliphatic carbocycles. The zero-order chi connectivity index (χ0) is 32.6. The van der Waals surface area contributed by atoms with Gasteiger partial charge >= 0.3 is 12.5 Å². The number of hydrogen-bond acceptors (Lipinski definition) is 7. The maximum atomic E-state index is 13.3. The Morgan fingerprint density at radius 2 is 1.72 bits per heavy atom. The van der Waals surface area contributed by atoms with Gasteiger partial charge in [-0.15, -0.1) is 18.3 Å². The number of rotatable bonds is 11. The summed E-state index contributed by atoms with van der Waals surface area (Å²) in [5.41, 5.74) is -0.155. The Bertz CT molecular complexity index is 1350. The monoisotopic (exact) mass is 617 g/mol. The number of nitrogens with zero attached hydrogens (tertiary/aromatic N) is 3. The smallest absolute Gasteiger partial charge is 0.486 e. The summed E-state index contributed by atoms with van der Waals surface area (Å²) < 4.78 is 93.5. The highest BCUT2D eigenvalue weighted by Gasteiger charge is 2.32. The van der Waals surface area contributed by atoms with E-state index in [4.69, 9.17) is 14.6 Å². The lowest BCUT2D eigenvalue weighted by Gasteiger charge is -2.10. The van der Waals surface area contributed by atoms with Crippen LogP contribution in [0.2, 0.25) is 0 Å². The van der Waals surface area contributed by atoms with Crippen LogP contribution in [0.15, 0.2) is 66.5 Å². The molecule has 0 fully saturated rings. The van der Waals surface area contributed by atoms with E-state index in [1.165, 1.54) is 29.8 Å². The van der Waals surface area contributed by atoms with Gasteiger partial charge in [0.1, 0.15) is 36.3 Å². The summed E-state index contributed by atoms with van der Waals surface area (Å²) in [5, 5.41) is 11.3. The van der Waals surface area contributed by atoms with Crippen molar-refractivity contribution in [2.45, 2.75) is 53.3 Å². The van der Waals surface area contributed by atoms with E-state index in [2.05, 4.69) is 14.8 Å².